The van der Waals surface area contributed by atoms with Crippen LogP contribution in [0, 0.1) is 6.92 Å². The van der Waals surface area contributed by atoms with Gasteiger partial charge in [0.1, 0.15) is 6.33 Å². The summed E-state index contributed by atoms with van der Waals surface area (Å²) in [4.78, 5) is 4.37. The zero-order valence-corrected chi connectivity index (χ0v) is 12.3. The van der Waals surface area contributed by atoms with Gasteiger partial charge in [-0.15, -0.1) is 0 Å². The van der Waals surface area contributed by atoms with Crippen molar-refractivity contribution >= 4 is 23.0 Å². The highest BCUT2D eigenvalue weighted by molar-refractivity contribution is 6.30. The first-order chi connectivity index (χ1) is 10.1. The molecule has 0 aliphatic carbocycles. The zero-order valence-electron chi connectivity index (χ0n) is 11.5. The highest BCUT2D eigenvalue weighted by Crippen LogP contribution is 2.25. The Morgan fingerprint density at radius 1 is 1.14 bits per heavy atom. The number of hydrogen-bond donors (Lipinski definition) is 2. The fourth-order valence-electron chi connectivity index (χ4n) is 2.25. The number of benzene rings is 2. The zero-order chi connectivity index (χ0) is 14.8. The quantitative estimate of drug-likeness (QED) is 0.719. The number of nitrogen functional groups attached to an aromatic ring is 1. The SMILES string of the molecule is Cc1ncn(Nc2cccc(Cl)c2)c1-c1cccc(N)c1. The third-order valence-corrected chi connectivity index (χ3v) is 3.42. The summed E-state index contributed by atoms with van der Waals surface area (Å²) in [6.45, 7) is 1.97. The number of nitrogens with one attached hydrogen (secondary N) is 1. The van der Waals surface area contributed by atoms with Gasteiger partial charge in [-0.3, -0.25) is 5.43 Å². The van der Waals surface area contributed by atoms with E-state index >= 15 is 0 Å². The van der Waals surface area contributed by atoms with Crippen LogP contribution in [0.2, 0.25) is 5.02 Å². The number of imidazole rings is 1. The molecule has 3 aromatic rings. The summed E-state index contributed by atoms with van der Waals surface area (Å²) < 4.78 is 1.87. The summed E-state index contributed by atoms with van der Waals surface area (Å²) in [7, 11) is 0. The van der Waals surface area contributed by atoms with Crippen molar-refractivity contribution < 1.29 is 0 Å². The monoisotopic (exact) mass is 298 g/mol. The fourth-order valence-corrected chi connectivity index (χ4v) is 2.44. The number of hydrogen-bond acceptors (Lipinski definition) is 3. The predicted molar refractivity (Wildman–Crippen MR) is 87.3 cm³/mol. The Kier molecular flexibility index (Phi) is 3.54. The second-order valence-corrected chi connectivity index (χ2v) is 5.23. The molecule has 0 saturated carbocycles. The minimum atomic E-state index is 0.683. The van der Waals surface area contributed by atoms with E-state index in [4.69, 9.17) is 17.3 Å². The Bertz CT molecular complexity index is 779. The minimum absolute atomic E-state index is 0.683. The highest BCUT2D eigenvalue weighted by atomic mass is 35.5. The van der Waals surface area contributed by atoms with E-state index in [-0.39, 0.29) is 0 Å². The summed E-state index contributed by atoms with van der Waals surface area (Å²) in [6.07, 6.45) is 1.74. The molecule has 0 fully saturated rings. The van der Waals surface area contributed by atoms with E-state index in [2.05, 4.69) is 10.4 Å². The average Bonchev–Trinajstić information content (AvgIpc) is 2.80. The van der Waals surface area contributed by atoms with Gasteiger partial charge < -0.3 is 5.73 Å². The third-order valence-electron chi connectivity index (χ3n) is 3.18. The third kappa shape index (κ3) is 2.85. The maximum absolute atomic E-state index is 6.01. The molecule has 4 nitrogen and oxygen atoms in total. The lowest BCUT2D eigenvalue weighted by atomic mass is 10.1. The van der Waals surface area contributed by atoms with E-state index in [1.54, 1.807) is 6.33 Å². The maximum atomic E-state index is 6.01. The van der Waals surface area contributed by atoms with Crippen LogP contribution in [0.15, 0.2) is 54.9 Å². The van der Waals surface area contributed by atoms with E-state index in [1.165, 1.54) is 0 Å². The molecule has 0 atom stereocenters. The van der Waals surface area contributed by atoms with Crippen LogP contribution >= 0.6 is 11.6 Å². The maximum Gasteiger partial charge on any atom is 0.115 e. The van der Waals surface area contributed by atoms with Gasteiger partial charge in [-0.1, -0.05) is 29.8 Å². The van der Waals surface area contributed by atoms with Crippen molar-refractivity contribution in [3.63, 3.8) is 0 Å². The van der Waals surface area contributed by atoms with Gasteiger partial charge in [0.2, 0.25) is 0 Å². The van der Waals surface area contributed by atoms with Crippen molar-refractivity contribution in [3.05, 3.63) is 65.6 Å². The summed E-state index contributed by atoms with van der Waals surface area (Å²) in [5.41, 5.74) is 13.7. The van der Waals surface area contributed by atoms with Crippen LogP contribution in [0.3, 0.4) is 0 Å². The van der Waals surface area contributed by atoms with Crippen molar-refractivity contribution in [3.8, 4) is 11.3 Å². The van der Waals surface area contributed by atoms with E-state index in [9.17, 15) is 0 Å². The van der Waals surface area contributed by atoms with Crippen molar-refractivity contribution in [1.82, 2.24) is 9.66 Å². The van der Waals surface area contributed by atoms with Gasteiger partial charge in [0.25, 0.3) is 0 Å². The molecule has 0 saturated heterocycles. The van der Waals surface area contributed by atoms with Gasteiger partial charge in [-0.2, -0.15) is 0 Å². The van der Waals surface area contributed by atoms with Crippen molar-refractivity contribution in [2.75, 3.05) is 11.2 Å². The molecular weight excluding hydrogens is 284 g/mol. The molecule has 0 radical (unpaired) electrons. The first-order valence-corrected chi connectivity index (χ1v) is 6.94. The molecule has 0 aliphatic heterocycles. The van der Waals surface area contributed by atoms with E-state index in [0.717, 1.165) is 28.3 Å². The summed E-state index contributed by atoms with van der Waals surface area (Å²) in [6, 6.07) is 15.3. The topological polar surface area (TPSA) is 55.9 Å². The number of rotatable bonds is 3. The van der Waals surface area contributed by atoms with Crippen LogP contribution in [-0.2, 0) is 0 Å². The Hall–Kier alpha value is -2.46. The molecule has 1 heterocycles. The van der Waals surface area contributed by atoms with Gasteiger partial charge in [-0.25, -0.2) is 9.66 Å². The first-order valence-electron chi connectivity index (χ1n) is 6.56. The largest absolute Gasteiger partial charge is 0.399 e. The van der Waals surface area contributed by atoms with Crippen LogP contribution in [0.1, 0.15) is 5.69 Å². The molecule has 0 aliphatic rings. The highest BCUT2D eigenvalue weighted by Gasteiger charge is 2.10. The molecule has 3 N–H and O–H groups in total. The lowest BCUT2D eigenvalue weighted by molar-refractivity contribution is 0.962. The molecule has 0 spiro atoms. The molecule has 21 heavy (non-hydrogen) atoms. The summed E-state index contributed by atoms with van der Waals surface area (Å²) in [5.74, 6) is 0. The molecule has 1 aromatic heterocycles. The Morgan fingerprint density at radius 2 is 1.95 bits per heavy atom. The number of aromatic nitrogens is 2. The number of aryl methyl sites for hydroxylation is 1. The van der Waals surface area contributed by atoms with E-state index in [1.807, 2.05) is 60.1 Å². The van der Waals surface area contributed by atoms with Crippen LogP contribution in [0.25, 0.3) is 11.3 Å². The lowest BCUT2D eigenvalue weighted by Gasteiger charge is -2.12. The molecule has 106 valence electrons. The van der Waals surface area contributed by atoms with Crippen LogP contribution in [0.5, 0.6) is 0 Å². The molecule has 3 rings (SSSR count). The fraction of sp³-hybridized carbons (Fsp3) is 0.0625. The molecule has 0 bridgehead atoms. The van der Waals surface area contributed by atoms with Gasteiger partial charge in [0.15, 0.2) is 0 Å². The van der Waals surface area contributed by atoms with Gasteiger partial charge in [0.05, 0.1) is 17.1 Å². The van der Waals surface area contributed by atoms with Crippen molar-refractivity contribution in [2.24, 2.45) is 0 Å². The molecular formula is C16H15ClN4. The second kappa shape index (κ2) is 5.50. The smallest absolute Gasteiger partial charge is 0.115 e. The van der Waals surface area contributed by atoms with E-state index in [0.29, 0.717) is 5.02 Å². The van der Waals surface area contributed by atoms with Gasteiger partial charge in [-0.05, 0) is 37.3 Å². The van der Waals surface area contributed by atoms with Gasteiger partial charge in [0, 0.05) is 16.3 Å². The minimum Gasteiger partial charge on any atom is -0.399 e. The van der Waals surface area contributed by atoms with Crippen LogP contribution in [0.4, 0.5) is 11.4 Å². The average molecular weight is 299 g/mol. The number of nitrogens with zero attached hydrogens (tertiary/aromatic N) is 2. The molecule has 2 aromatic carbocycles. The normalized spacial score (nSPS) is 10.6. The summed E-state index contributed by atoms with van der Waals surface area (Å²) in [5, 5.41) is 0.683. The first kappa shape index (κ1) is 13.5. The molecule has 0 unspecified atom stereocenters. The number of halogens is 1. The second-order valence-electron chi connectivity index (χ2n) is 4.80. The Morgan fingerprint density at radius 3 is 2.71 bits per heavy atom. The van der Waals surface area contributed by atoms with Crippen LogP contribution < -0.4 is 11.2 Å². The van der Waals surface area contributed by atoms with Crippen molar-refractivity contribution in [2.45, 2.75) is 6.92 Å². The lowest BCUT2D eigenvalue weighted by Crippen LogP contribution is -2.09. The predicted octanol–water partition coefficient (Wildman–Crippen LogP) is 3.97. The molecule has 5 heteroatoms. The summed E-state index contributed by atoms with van der Waals surface area (Å²) >= 11 is 6.01. The van der Waals surface area contributed by atoms with Crippen molar-refractivity contribution in [1.29, 1.82) is 0 Å². The Balaban J connectivity index is 2.01. The molecule has 0 amide bonds. The Labute approximate surface area is 128 Å². The standard InChI is InChI=1S/C16H15ClN4/c1-11-16(12-4-2-6-14(18)8-12)21(10-19-11)20-15-7-3-5-13(17)9-15/h2-10,20H,18H2,1H3. The van der Waals surface area contributed by atoms with Gasteiger partial charge >= 0.3 is 0 Å². The number of anilines is 2. The van der Waals surface area contributed by atoms with E-state index < -0.39 is 0 Å². The van der Waals surface area contributed by atoms with Crippen LogP contribution in [-0.4, -0.2) is 9.66 Å². The number of nitrogens with two attached hydrogens (primary N) is 1.